The van der Waals surface area contributed by atoms with Crippen LogP contribution in [0.5, 0.6) is 0 Å². The van der Waals surface area contributed by atoms with Crippen LogP contribution in [0, 0.1) is 5.92 Å². The summed E-state index contributed by atoms with van der Waals surface area (Å²) in [5.41, 5.74) is 4.71. The summed E-state index contributed by atoms with van der Waals surface area (Å²) in [6.45, 7) is 4.95. The van der Waals surface area contributed by atoms with E-state index in [1.54, 1.807) is 0 Å². The van der Waals surface area contributed by atoms with Crippen molar-refractivity contribution in [2.24, 2.45) is 10.9 Å². The van der Waals surface area contributed by atoms with Gasteiger partial charge < -0.3 is 15.2 Å². The van der Waals surface area contributed by atoms with Gasteiger partial charge in [0.1, 0.15) is 5.82 Å². The Labute approximate surface area is 215 Å². The van der Waals surface area contributed by atoms with E-state index >= 15 is 0 Å². The van der Waals surface area contributed by atoms with E-state index in [1.165, 1.54) is 40.6 Å². The molecule has 2 N–H and O–H groups in total. The molecule has 3 heterocycles. The fraction of sp³-hybridized carbons (Fsp3) is 0.357. The molecule has 0 radical (unpaired) electrons. The number of carbonyl (C=O) groups is 1. The Hall–Kier alpha value is -2.54. The summed E-state index contributed by atoms with van der Waals surface area (Å²) in [4.78, 5) is 18.2. The molecule has 186 valence electrons. The summed E-state index contributed by atoms with van der Waals surface area (Å²) >= 11 is 0. The number of carbonyl (C=O) groups excluding carboxylic acids is 1. The summed E-state index contributed by atoms with van der Waals surface area (Å²) in [7, 11) is -1.45. The number of aromatic nitrogens is 1. The lowest BCUT2D eigenvalue weighted by atomic mass is 9.96. The van der Waals surface area contributed by atoms with Crippen LogP contribution >= 0.6 is 22.4 Å². The molecule has 35 heavy (non-hydrogen) atoms. The maximum Gasteiger partial charge on any atom is 0.225 e. The molecule has 1 atom stereocenters. The number of hydrogen-bond donors (Lipinski definition) is 2. The predicted octanol–water partition coefficient (Wildman–Crippen LogP) is 6.03. The van der Waals surface area contributed by atoms with Crippen LogP contribution in [0.2, 0.25) is 0 Å². The second-order valence-electron chi connectivity index (χ2n) is 9.30. The molecule has 1 unspecified atom stereocenters. The fourth-order valence-electron chi connectivity index (χ4n) is 5.00. The van der Waals surface area contributed by atoms with Crippen molar-refractivity contribution in [3.63, 3.8) is 0 Å². The first-order valence-electron chi connectivity index (χ1n) is 12.4. The number of aliphatic imine (C=N–C) groups is 1. The number of amides is 1. The van der Waals surface area contributed by atoms with Crippen LogP contribution in [0.4, 0.5) is 0 Å². The van der Waals surface area contributed by atoms with Gasteiger partial charge in [-0.05, 0) is 55.7 Å². The molecule has 5 nitrogen and oxygen atoms in total. The van der Waals surface area contributed by atoms with Crippen LogP contribution in [0.15, 0.2) is 81.9 Å². The molecular weight excluding hydrogens is 476 g/mol. The summed E-state index contributed by atoms with van der Waals surface area (Å²) in [5, 5.41) is 10.1. The molecular formula is C28H35ClN4OS. The molecule has 1 aromatic heterocycles. The number of fused-ring (bicyclic) bond motifs is 1. The number of nitrogens with one attached hydrogen (secondary N) is 2. The third-order valence-corrected chi connectivity index (χ3v) is 10.2. The van der Waals surface area contributed by atoms with Gasteiger partial charge in [-0.2, -0.15) is 10.0 Å². The van der Waals surface area contributed by atoms with Gasteiger partial charge >= 0.3 is 0 Å². The van der Waals surface area contributed by atoms with E-state index < -0.39 is 10.0 Å². The maximum absolute atomic E-state index is 12.1. The number of nitrogens with zero attached hydrogens (tertiary/aromatic N) is 2. The zero-order valence-corrected chi connectivity index (χ0v) is 21.9. The third-order valence-electron chi connectivity index (χ3n) is 6.97. The van der Waals surface area contributed by atoms with Crippen LogP contribution < -0.4 is 10.6 Å². The Morgan fingerprint density at radius 2 is 1.86 bits per heavy atom. The number of benzene rings is 2. The minimum Gasteiger partial charge on any atom is -0.342 e. The highest BCUT2D eigenvalue weighted by Crippen LogP contribution is 2.61. The Morgan fingerprint density at radius 3 is 2.63 bits per heavy atom. The number of para-hydroxylation sites is 1. The SMILES string of the molecule is CCC(=O)NC1=CS(CCC2CCNCC2)(c2cn(Cc3ccccc3)c3ccccc23)C=N1.Cl. The Morgan fingerprint density at radius 1 is 1.11 bits per heavy atom. The molecule has 1 amide bonds. The van der Waals surface area contributed by atoms with Crippen molar-refractivity contribution in [3.8, 4) is 0 Å². The monoisotopic (exact) mass is 510 g/mol. The largest absolute Gasteiger partial charge is 0.342 e. The van der Waals surface area contributed by atoms with Gasteiger partial charge in [-0.1, -0.05) is 55.5 Å². The average molecular weight is 511 g/mol. The highest BCUT2D eigenvalue weighted by atomic mass is 35.5. The maximum atomic E-state index is 12.1. The lowest BCUT2D eigenvalue weighted by Gasteiger charge is -2.33. The Bertz CT molecular complexity index is 1220. The Balaban J connectivity index is 0.00000289. The number of halogens is 1. The van der Waals surface area contributed by atoms with Gasteiger partial charge in [0.15, 0.2) is 0 Å². The minimum absolute atomic E-state index is 0. The second-order valence-corrected chi connectivity index (χ2v) is 12.3. The standard InChI is InChI=1S/C28H34N4OS.ClH/c1-2-28(33)31-27-20-34(21-30-27,17-14-22-12-15-29-16-13-22)26-19-32(18-23-8-4-3-5-9-23)25-11-7-6-10-24(25)26;/h3-11,19-22,29H,2,12-18H2,1H3,(H,31,33);1H. The van der Waals surface area contributed by atoms with E-state index in [-0.39, 0.29) is 18.3 Å². The first-order valence-corrected chi connectivity index (χ1v) is 14.3. The average Bonchev–Trinajstić information content (AvgIpc) is 3.46. The van der Waals surface area contributed by atoms with Crippen molar-refractivity contribution in [3.05, 3.63) is 77.6 Å². The molecule has 2 aliphatic heterocycles. The molecule has 0 spiro atoms. The van der Waals surface area contributed by atoms with E-state index in [2.05, 4.69) is 86.9 Å². The summed E-state index contributed by atoms with van der Waals surface area (Å²) < 4.78 is 2.38. The highest BCUT2D eigenvalue weighted by Gasteiger charge is 2.32. The molecule has 0 bridgehead atoms. The zero-order chi connectivity index (χ0) is 23.4. The molecule has 0 aliphatic carbocycles. The lowest BCUT2D eigenvalue weighted by Crippen LogP contribution is -2.28. The van der Waals surface area contributed by atoms with E-state index in [4.69, 9.17) is 4.99 Å². The molecule has 7 heteroatoms. The van der Waals surface area contributed by atoms with Crippen LogP contribution in [-0.2, 0) is 11.3 Å². The van der Waals surface area contributed by atoms with Gasteiger partial charge in [0.2, 0.25) is 5.91 Å². The molecule has 5 rings (SSSR count). The fourth-order valence-corrected chi connectivity index (χ4v) is 8.20. The molecule has 2 aromatic carbocycles. The molecule has 3 aromatic rings. The van der Waals surface area contributed by atoms with Crippen molar-refractivity contribution in [2.75, 3.05) is 18.8 Å². The van der Waals surface area contributed by atoms with E-state index in [1.807, 2.05) is 6.92 Å². The van der Waals surface area contributed by atoms with Crippen LogP contribution in [-0.4, -0.2) is 34.9 Å². The second kappa shape index (κ2) is 11.5. The predicted molar refractivity (Wildman–Crippen MR) is 151 cm³/mol. The Kier molecular flexibility index (Phi) is 8.37. The topological polar surface area (TPSA) is 58.4 Å². The quantitative estimate of drug-likeness (QED) is 0.388. The zero-order valence-electron chi connectivity index (χ0n) is 20.3. The summed E-state index contributed by atoms with van der Waals surface area (Å²) in [6.07, 6.45) is 6.48. The van der Waals surface area contributed by atoms with Crippen molar-refractivity contribution < 1.29 is 4.79 Å². The van der Waals surface area contributed by atoms with Gasteiger partial charge in [0, 0.05) is 40.4 Å². The molecule has 1 fully saturated rings. The smallest absolute Gasteiger partial charge is 0.225 e. The summed E-state index contributed by atoms with van der Waals surface area (Å²) in [5.74, 6) is 2.56. The van der Waals surface area contributed by atoms with Crippen molar-refractivity contribution in [1.82, 2.24) is 15.2 Å². The first-order chi connectivity index (χ1) is 16.7. The van der Waals surface area contributed by atoms with E-state index in [0.29, 0.717) is 12.2 Å². The number of rotatable bonds is 8. The third kappa shape index (κ3) is 5.66. The van der Waals surface area contributed by atoms with Crippen molar-refractivity contribution in [2.45, 2.75) is 44.0 Å². The van der Waals surface area contributed by atoms with Crippen molar-refractivity contribution in [1.29, 1.82) is 0 Å². The first kappa shape index (κ1) is 25.5. The number of hydrogen-bond acceptors (Lipinski definition) is 3. The number of piperidine rings is 1. The van der Waals surface area contributed by atoms with Crippen LogP contribution in [0.3, 0.4) is 0 Å². The minimum atomic E-state index is -1.45. The van der Waals surface area contributed by atoms with Gasteiger partial charge in [-0.25, -0.2) is 4.99 Å². The van der Waals surface area contributed by atoms with Crippen LogP contribution in [0.1, 0.15) is 38.2 Å². The molecule has 2 aliphatic rings. The van der Waals surface area contributed by atoms with Gasteiger partial charge in [-0.3, -0.25) is 4.79 Å². The normalized spacial score (nSPS) is 21.8. The van der Waals surface area contributed by atoms with E-state index in [0.717, 1.165) is 31.3 Å². The van der Waals surface area contributed by atoms with Gasteiger partial charge in [0.05, 0.1) is 5.55 Å². The summed E-state index contributed by atoms with van der Waals surface area (Å²) in [6, 6.07) is 19.4. The van der Waals surface area contributed by atoms with Gasteiger partial charge in [-0.15, -0.1) is 12.4 Å². The molecule has 0 saturated carbocycles. The lowest BCUT2D eigenvalue weighted by molar-refractivity contribution is -0.120. The molecule has 1 saturated heterocycles. The highest BCUT2D eigenvalue weighted by molar-refractivity contribution is 8.46. The van der Waals surface area contributed by atoms with E-state index in [9.17, 15) is 4.79 Å². The van der Waals surface area contributed by atoms with Gasteiger partial charge in [0.25, 0.3) is 0 Å². The van der Waals surface area contributed by atoms with Crippen LogP contribution in [0.25, 0.3) is 10.9 Å². The van der Waals surface area contributed by atoms with Crippen molar-refractivity contribution >= 4 is 44.8 Å².